The van der Waals surface area contributed by atoms with Gasteiger partial charge in [0.15, 0.2) is 0 Å². The van der Waals surface area contributed by atoms with Crippen molar-refractivity contribution < 1.29 is 4.79 Å². The average Bonchev–Trinajstić information content (AvgIpc) is 2.42. The van der Waals surface area contributed by atoms with Crippen LogP contribution in [0.2, 0.25) is 0 Å². The predicted octanol–water partition coefficient (Wildman–Crippen LogP) is 2.45. The van der Waals surface area contributed by atoms with Gasteiger partial charge in [-0.25, -0.2) is 0 Å². The summed E-state index contributed by atoms with van der Waals surface area (Å²) >= 11 is 0. The third kappa shape index (κ3) is 6.77. The van der Waals surface area contributed by atoms with Crippen molar-refractivity contribution in [2.24, 2.45) is 5.92 Å². The Bertz CT molecular complexity index is 398. The molecule has 1 rings (SSSR count). The van der Waals surface area contributed by atoms with E-state index in [1.165, 1.54) is 0 Å². The molecular weight excluding hydrogens is 236 g/mol. The van der Waals surface area contributed by atoms with Crippen molar-refractivity contribution in [3.63, 3.8) is 0 Å². The zero-order valence-electron chi connectivity index (χ0n) is 11.9. The molecule has 0 saturated heterocycles. The maximum Gasteiger partial charge on any atom is 0.221 e. The topological polar surface area (TPSA) is 41.1 Å². The fraction of sp³-hybridized carbons (Fsp3) is 0.438. The van der Waals surface area contributed by atoms with E-state index in [0.717, 1.165) is 17.7 Å². The summed E-state index contributed by atoms with van der Waals surface area (Å²) < 4.78 is 0. The van der Waals surface area contributed by atoms with Crippen LogP contribution in [0.3, 0.4) is 0 Å². The normalized spacial score (nSPS) is 10.5. The molecule has 3 heteroatoms. The van der Waals surface area contributed by atoms with Gasteiger partial charge in [-0.05, 0) is 17.1 Å². The number of hydrogen-bond donors (Lipinski definition) is 2. The molecule has 0 unspecified atom stereocenters. The van der Waals surface area contributed by atoms with Crippen molar-refractivity contribution in [1.82, 2.24) is 10.6 Å². The summed E-state index contributed by atoms with van der Waals surface area (Å²) in [5, 5.41) is 6.14. The van der Waals surface area contributed by atoms with E-state index in [1.807, 2.05) is 30.3 Å². The standard InChI is InChI=1S/C16H24N2O/c1-13(2)11-18-16(19)9-10-17-12-14(3)15-7-5-4-6-8-15/h4-8,13,17H,3,9-12H2,1-2H3,(H,18,19). The van der Waals surface area contributed by atoms with E-state index < -0.39 is 0 Å². The minimum Gasteiger partial charge on any atom is -0.356 e. The van der Waals surface area contributed by atoms with Crippen molar-refractivity contribution in [2.75, 3.05) is 19.6 Å². The smallest absolute Gasteiger partial charge is 0.221 e. The minimum atomic E-state index is 0.103. The van der Waals surface area contributed by atoms with Crippen molar-refractivity contribution in [3.05, 3.63) is 42.5 Å². The van der Waals surface area contributed by atoms with Gasteiger partial charge in [-0.15, -0.1) is 0 Å². The molecule has 2 N–H and O–H groups in total. The molecule has 0 atom stereocenters. The first-order chi connectivity index (χ1) is 9.09. The van der Waals surface area contributed by atoms with Crippen LogP contribution >= 0.6 is 0 Å². The Kier molecular flexibility index (Phi) is 6.90. The molecule has 0 radical (unpaired) electrons. The van der Waals surface area contributed by atoms with Gasteiger partial charge < -0.3 is 10.6 Å². The van der Waals surface area contributed by atoms with Gasteiger partial charge >= 0.3 is 0 Å². The summed E-state index contributed by atoms with van der Waals surface area (Å²) in [6.07, 6.45) is 0.509. The van der Waals surface area contributed by atoms with E-state index in [9.17, 15) is 4.79 Å². The summed E-state index contributed by atoms with van der Waals surface area (Å²) in [5.41, 5.74) is 2.18. The first kappa shape index (κ1) is 15.4. The highest BCUT2D eigenvalue weighted by atomic mass is 16.1. The molecule has 0 aliphatic heterocycles. The molecule has 0 aliphatic rings. The molecule has 0 aliphatic carbocycles. The highest BCUT2D eigenvalue weighted by Gasteiger charge is 2.02. The molecule has 0 spiro atoms. The maximum absolute atomic E-state index is 11.5. The van der Waals surface area contributed by atoms with Crippen LogP contribution in [0.25, 0.3) is 5.57 Å². The second-order valence-corrected chi connectivity index (χ2v) is 5.09. The molecule has 0 saturated carbocycles. The Morgan fingerprint density at radius 3 is 2.58 bits per heavy atom. The maximum atomic E-state index is 11.5. The van der Waals surface area contributed by atoms with E-state index >= 15 is 0 Å². The number of amides is 1. The highest BCUT2D eigenvalue weighted by Crippen LogP contribution is 2.09. The Hall–Kier alpha value is -1.61. The molecule has 1 amide bonds. The Balaban J connectivity index is 2.14. The molecule has 19 heavy (non-hydrogen) atoms. The van der Waals surface area contributed by atoms with Crippen molar-refractivity contribution in [1.29, 1.82) is 0 Å². The van der Waals surface area contributed by atoms with Crippen LogP contribution in [-0.4, -0.2) is 25.5 Å². The highest BCUT2D eigenvalue weighted by molar-refractivity contribution is 5.76. The van der Waals surface area contributed by atoms with Gasteiger partial charge in [0.25, 0.3) is 0 Å². The molecule has 104 valence electrons. The molecule has 3 nitrogen and oxygen atoms in total. The van der Waals surface area contributed by atoms with Crippen LogP contribution in [0.1, 0.15) is 25.8 Å². The third-order valence-electron chi connectivity index (χ3n) is 2.76. The molecular formula is C16H24N2O. The minimum absolute atomic E-state index is 0.103. The van der Waals surface area contributed by atoms with Crippen LogP contribution in [0.15, 0.2) is 36.9 Å². The number of carbonyl (C=O) groups excluding carboxylic acids is 1. The third-order valence-corrected chi connectivity index (χ3v) is 2.76. The number of nitrogens with one attached hydrogen (secondary N) is 2. The van der Waals surface area contributed by atoms with Gasteiger partial charge in [0.1, 0.15) is 0 Å². The monoisotopic (exact) mass is 260 g/mol. The zero-order valence-corrected chi connectivity index (χ0v) is 11.9. The fourth-order valence-electron chi connectivity index (χ4n) is 1.62. The lowest BCUT2D eigenvalue weighted by atomic mass is 10.1. The molecule has 0 bridgehead atoms. The molecule has 0 aromatic heterocycles. The number of rotatable bonds is 8. The van der Waals surface area contributed by atoms with E-state index in [0.29, 0.717) is 25.4 Å². The van der Waals surface area contributed by atoms with Crippen LogP contribution in [0.5, 0.6) is 0 Å². The van der Waals surface area contributed by atoms with E-state index in [4.69, 9.17) is 0 Å². The van der Waals surface area contributed by atoms with Gasteiger partial charge in [0.05, 0.1) is 0 Å². The Morgan fingerprint density at radius 1 is 1.26 bits per heavy atom. The van der Waals surface area contributed by atoms with Gasteiger partial charge in [-0.2, -0.15) is 0 Å². The molecule has 1 aromatic rings. The molecule has 0 heterocycles. The first-order valence-electron chi connectivity index (χ1n) is 6.80. The molecule has 1 aromatic carbocycles. The van der Waals surface area contributed by atoms with Gasteiger partial charge in [-0.1, -0.05) is 50.8 Å². The van der Waals surface area contributed by atoms with Crippen LogP contribution in [-0.2, 0) is 4.79 Å². The second kappa shape index (κ2) is 8.48. The Labute approximate surface area is 116 Å². The summed E-state index contributed by atoms with van der Waals surface area (Å²) in [4.78, 5) is 11.5. The van der Waals surface area contributed by atoms with Crippen LogP contribution in [0.4, 0.5) is 0 Å². The average molecular weight is 260 g/mol. The summed E-state index contributed by atoms with van der Waals surface area (Å²) in [5.74, 6) is 0.598. The summed E-state index contributed by atoms with van der Waals surface area (Å²) in [6, 6.07) is 10.1. The molecule has 0 fully saturated rings. The number of benzene rings is 1. The quantitative estimate of drug-likeness (QED) is 0.705. The SMILES string of the molecule is C=C(CNCCC(=O)NCC(C)C)c1ccccc1. The van der Waals surface area contributed by atoms with Crippen molar-refractivity contribution in [3.8, 4) is 0 Å². The lowest BCUT2D eigenvalue weighted by molar-refractivity contribution is -0.121. The van der Waals surface area contributed by atoms with Gasteiger partial charge in [0.2, 0.25) is 5.91 Å². The summed E-state index contributed by atoms with van der Waals surface area (Å²) in [7, 11) is 0. The van der Waals surface area contributed by atoms with Crippen LogP contribution < -0.4 is 10.6 Å². The lowest BCUT2D eigenvalue weighted by Gasteiger charge is -2.09. The van der Waals surface area contributed by atoms with E-state index in [-0.39, 0.29) is 5.91 Å². The van der Waals surface area contributed by atoms with Crippen LogP contribution in [0, 0.1) is 5.92 Å². The number of hydrogen-bond acceptors (Lipinski definition) is 2. The zero-order chi connectivity index (χ0) is 14.1. The lowest BCUT2D eigenvalue weighted by Crippen LogP contribution is -2.30. The van der Waals surface area contributed by atoms with Gasteiger partial charge in [-0.3, -0.25) is 4.79 Å². The largest absolute Gasteiger partial charge is 0.356 e. The first-order valence-corrected chi connectivity index (χ1v) is 6.80. The second-order valence-electron chi connectivity index (χ2n) is 5.09. The summed E-state index contributed by atoms with van der Waals surface area (Å²) in [6.45, 7) is 10.3. The predicted molar refractivity (Wildman–Crippen MR) is 80.8 cm³/mol. The van der Waals surface area contributed by atoms with E-state index in [2.05, 4.69) is 31.1 Å². The van der Waals surface area contributed by atoms with Crippen molar-refractivity contribution in [2.45, 2.75) is 20.3 Å². The fourth-order valence-corrected chi connectivity index (χ4v) is 1.62. The van der Waals surface area contributed by atoms with Crippen molar-refractivity contribution >= 4 is 11.5 Å². The van der Waals surface area contributed by atoms with Gasteiger partial charge in [0, 0.05) is 26.1 Å². The Morgan fingerprint density at radius 2 is 1.95 bits per heavy atom. The number of carbonyl (C=O) groups is 1. The van der Waals surface area contributed by atoms with E-state index in [1.54, 1.807) is 0 Å².